The lowest BCUT2D eigenvalue weighted by molar-refractivity contribution is 0.619. The predicted octanol–water partition coefficient (Wildman–Crippen LogP) is 3.01. The van der Waals surface area contributed by atoms with Crippen LogP contribution in [0.3, 0.4) is 0 Å². The van der Waals surface area contributed by atoms with Crippen molar-refractivity contribution >= 4 is 18.4 Å². The van der Waals surface area contributed by atoms with Crippen molar-refractivity contribution in [2.45, 2.75) is 38.0 Å². The zero-order chi connectivity index (χ0) is 11.7. The molecule has 0 amide bonds. The highest BCUT2D eigenvalue weighted by Crippen LogP contribution is 2.38. The Labute approximate surface area is 105 Å². The summed E-state index contributed by atoms with van der Waals surface area (Å²) >= 11 is 5.20. The van der Waals surface area contributed by atoms with Crippen molar-refractivity contribution in [2.24, 2.45) is 11.0 Å². The van der Waals surface area contributed by atoms with Crippen molar-refractivity contribution in [2.75, 3.05) is 0 Å². The number of aromatic amines is 1. The molecule has 4 nitrogen and oxygen atoms in total. The van der Waals surface area contributed by atoms with E-state index in [9.17, 15) is 0 Å². The third-order valence-electron chi connectivity index (χ3n) is 3.32. The van der Waals surface area contributed by atoms with Gasteiger partial charge in [-0.25, -0.2) is 0 Å². The van der Waals surface area contributed by atoms with Gasteiger partial charge in [0, 0.05) is 12.1 Å². The molecule has 0 radical (unpaired) electrons. The largest absolute Gasteiger partial charge is 0.250 e. The summed E-state index contributed by atoms with van der Waals surface area (Å²) in [5.41, 5.74) is 0. The fourth-order valence-corrected chi connectivity index (χ4v) is 2.32. The summed E-state index contributed by atoms with van der Waals surface area (Å²) in [7, 11) is 0. The lowest BCUT2D eigenvalue weighted by Crippen LogP contribution is -2.06. The van der Waals surface area contributed by atoms with Crippen LogP contribution in [0.1, 0.15) is 43.8 Å². The first-order valence-electron chi connectivity index (χ1n) is 6.21. The van der Waals surface area contributed by atoms with E-state index in [-0.39, 0.29) is 0 Å². The van der Waals surface area contributed by atoms with Gasteiger partial charge in [-0.15, -0.1) is 0 Å². The van der Waals surface area contributed by atoms with Crippen LogP contribution in [0.5, 0.6) is 0 Å². The van der Waals surface area contributed by atoms with Crippen molar-refractivity contribution in [1.82, 2.24) is 14.9 Å². The molecule has 1 fully saturated rings. The van der Waals surface area contributed by atoms with Crippen LogP contribution in [0.15, 0.2) is 17.3 Å². The molecule has 0 bridgehead atoms. The molecular formula is C12H16N4S. The summed E-state index contributed by atoms with van der Waals surface area (Å²) in [5.74, 6) is 2.10. The smallest absolute Gasteiger partial charge is 0.216 e. The number of nitrogens with one attached hydrogen (secondary N) is 1. The van der Waals surface area contributed by atoms with Crippen LogP contribution in [0, 0.1) is 10.7 Å². The SMILES string of the molecule is S=c1[nH]nc(C2CC2)n1/N=C\[C@@H]1CC=CCC1. The zero-order valence-corrected chi connectivity index (χ0v) is 10.5. The van der Waals surface area contributed by atoms with E-state index in [4.69, 9.17) is 12.2 Å². The average Bonchev–Trinajstić information content (AvgIpc) is 3.13. The molecule has 0 saturated heterocycles. The predicted molar refractivity (Wildman–Crippen MR) is 69.8 cm³/mol. The quantitative estimate of drug-likeness (QED) is 0.508. The molecule has 5 heteroatoms. The Morgan fingerprint density at radius 1 is 1.41 bits per heavy atom. The van der Waals surface area contributed by atoms with Crippen molar-refractivity contribution in [3.05, 3.63) is 22.7 Å². The van der Waals surface area contributed by atoms with Crippen molar-refractivity contribution in [3.63, 3.8) is 0 Å². The van der Waals surface area contributed by atoms with Gasteiger partial charge in [0.25, 0.3) is 0 Å². The molecular weight excluding hydrogens is 232 g/mol. The minimum Gasteiger partial charge on any atom is -0.250 e. The molecule has 90 valence electrons. The summed E-state index contributed by atoms with van der Waals surface area (Å²) in [6.07, 6.45) is 12.4. The second kappa shape index (κ2) is 4.56. The van der Waals surface area contributed by atoms with Crippen molar-refractivity contribution < 1.29 is 0 Å². The molecule has 2 aliphatic carbocycles. The fourth-order valence-electron chi connectivity index (χ4n) is 2.13. The normalized spacial score (nSPS) is 24.6. The number of H-pyrrole nitrogens is 1. The van der Waals surface area contributed by atoms with E-state index in [2.05, 4.69) is 27.5 Å². The summed E-state index contributed by atoms with van der Waals surface area (Å²) in [4.78, 5) is 0. The summed E-state index contributed by atoms with van der Waals surface area (Å²) < 4.78 is 2.40. The standard InChI is InChI=1S/C12H16N4S/c17-12-15-14-11(10-6-7-10)16(12)13-8-9-4-2-1-3-5-9/h1-2,8-10H,3-7H2,(H,15,17)/b13-8-/t9-/m1/s1. The van der Waals surface area contributed by atoms with Gasteiger partial charge in [0.15, 0.2) is 5.82 Å². The van der Waals surface area contributed by atoms with E-state index < -0.39 is 0 Å². The van der Waals surface area contributed by atoms with Crippen molar-refractivity contribution in [3.8, 4) is 0 Å². The fraction of sp³-hybridized carbons (Fsp3) is 0.583. The molecule has 1 heterocycles. The van der Waals surface area contributed by atoms with Gasteiger partial charge >= 0.3 is 0 Å². The molecule has 0 unspecified atom stereocenters. The topological polar surface area (TPSA) is 46.0 Å². The number of hydrogen-bond donors (Lipinski definition) is 1. The summed E-state index contributed by atoms with van der Waals surface area (Å²) in [6, 6.07) is 0. The van der Waals surface area contributed by atoms with Crippen LogP contribution in [0.4, 0.5) is 0 Å². The van der Waals surface area contributed by atoms with Crippen LogP contribution in [0.25, 0.3) is 0 Å². The number of nitrogens with zero attached hydrogens (tertiary/aromatic N) is 3. The maximum atomic E-state index is 5.20. The monoisotopic (exact) mass is 248 g/mol. The Bertz CT molecular complexity index is 507. The van der Waals surface area contributed by atoms with E-state index in [1.54, 1.807) is 4.68 Å². The maximum absolute atomic E-state index is 5.20. The molecule has 1 atom stereocenters. The Morgan fingerprint density at radius 3 is 3.00 bits per heavy atom. The van der Waals surface area contributed by atoms with E-state index >= 15 is 0 Å². The minimum absolute atomic E-state index is 0.545. The molecule has 1 saturated carbocycles. The van der Waals surface area contributed by atoms with Gasteiger partial charge in [-0.05, 0) is 50.2 Å². The average molecular weight is 248 g/mol. The van der Waals surface area contributed by atoms with Gasteiger partial charge in [0.05, 0.1) is 0 Å². The first-order valence-corrected chi connectivity index (χ1v) is 6.62. The minimum atomic E-state index is 0.545. The Balaban J connectivity index is 1.79. The number of allylic oxidation sites excluding steroid dienone is 2. The van der Waals surface area contributed by atoms with E-state index in [1.807, 2.05) is 6.21 Å². The Morgan fingerprint density at radius 2 is 2.29 bits per heavy atom. The highest BCUT2D eigenvalue weighted by atomic mass is 32.1. The molecule has 1 aromatic rings. The van der Waals surface area contributed by atoms with Gasteiger partial charge < -0.3 is 0 Å². The highest BCUT2D eigenvalue weighted by molar-refractivity contribution is 7.71. The summed E-state index contributed by atoms with van der Waals surface area (Å²) in [5, 5.41) is 11.6. The number of rotatable bonds is 3. The van der Waals surface area contributed by atoms with E-state index in [0.717, 1.165) is 18.7 Å². The maximum Gasteiger partial charge on any atom is 0.216 e. The number of aromatic nitrogens is 3. The first-order chi connectivity index (χ1) is 8.34. The lowest BCUT2D eigenvalue weighted by atomic mass is 9.96. The van der Waals surface area contributed by atoms with Crippen LogP contribution < -0.4 is 0 Å². The van der Waals surface area contributed by atoms with Gasteiger partial charge in [-0.1, -0.05) is 12.2 Å². The van der Waals surface area contributed by atoms with Crippen LogP contribution in [0.2, 0.25) is 0 Å². The van der Waals surface area contributed by atoms with Crippen LogP contribution in [-0.2, 0) is 0 Å². The van der Waals surface area contributed by atoms with Crippen LogP contribution in [-0.4, -0.2) is 21.1 Å². The first kappa shape index (κ1) is 10.9. The summed E-state index contributed by atoms with van der Waals surface area (Å²) in [6.45, 7) is 0. The van der Waals surface area contributed by atoms with E-state index in [1.165, 1.54) is 19.3 Å². The van der Waals surface area contributed by atoms with Gasteiger partial charge in [-0.3, -0.25) is 5.10 Å². The van der Waals surface area contributed by atoms with E-state index in [0.29, 0.717) is 16.6 Å². The zero-order valence-electron chi connectivity index (χ0n) is 9.67. The highest BCUT2D eigenvalue weighted by Gasteiger charge is 2.29. The third kappa shape index (κ3) is 2.39. The molecule has 0 aromatic carbocycles. The molecule has 1 N–H and O–H groups in total. The van der Waals surface area contributed by atoms with Gasteiger partial charge in [-0.2, -0.15) is 14.9 Å². The van der Waals surface area contributed by atoms with Gasteiger partial charge in [0.2, 0.25) is 4.77 Å². The van der Waals surface area contributed by atoms with Crippen LogP contribution >= 0.6 is 12.2 Å². The third-order valence-corrected chi connectivity index (χ3v) is 3.58. The Kier molecular flexibility index (Phi) is 2.93. The second-order valence-corrected chi connectivity index (χ2v) is 5.17. The van der Waals surface area contributed by atoms with Gasteiger partial charge in [0.1, 0.15) is 0 Å². The molecule has 17 heavy (non-hydrogen) atoms. The molecule has 2 aliphatic rings. The molecule has 1 aromatic heterocycles. The molecule has 0 spiro atoms. The van der Waals surface area contributed by atoms with Crippen molar-refractivity contribution in [1.29, 1.82) is 0 Å². The lowest BCUT2D eigenvalue weighted by Gasteiger charge is -2.11. The molecule has 3 rings (SSSR count). The second-order valence-electron chi connectivity index (χ2n) is 4.78. The molecule has 0 aliphatic heterocycles. The number of hydrogen-bond acceptors (Lipinski definition) is 3. The Hall–Kier alpha value is -1.23.